The second-order valence-electron chi connectivity index (χ2n) is 6.15. The molecule has 2 N–H and O–H groups in total. The largest absolute Gasteiger partial charge is 0.352 e. The molecule has 1 aromatic heterocycles. The lowest BCUT2D eigenvalue weighted by molar-refractivity contribution is -0.111. The summed E-state index contributed by atoms with van der Waals surface area (Å²) in [6, 6.07) is 20.6. The number of nitrogens with zero attached hydrogens (tertiary/aromatic N) is 1. The van der Waals surface area contributed by atoms with Gasteiger partial charge in [-0.1, -0.05) is 48.5 Å². The van der Waals surface area contributed by atoms with E-state index in [1.165, 1.54) is 6.08 Å². The summed E-state index contributed by atoms with van der Waals surface area (Å²) in [5.41, 5.74) is 2.88. The van der Waals surface area contributed by atoms with Crippen molar-refractivity contribution >= 4 is 23.6 Å². The Morgan fingerprint density at radius 3 is 2.50 bits per heavy atom. The number of rotatable bonds is 7. The van der Waals surface area contributed by atoms with E-state index in [4.69, 9.17) is 0 Å². The highest BCUT2D eigenvalue weighted by Gasteiger charge is 2.11. The van der Waals surface area contributed by atoms with Crippen LogP contribution in [0.4, 0.5) is 5.69 Å². The maximum Gasteiger partial charge on any atom is 0.253 e. The van der Waals surface area contributed by atoms with Gasteiger partial charge in [0.1, 0.15) is 0 Å². The maximum absolute atomic E-state index is 12.5. The molecule has 0 radical (unpaired) electrons. The molecule has 3 aromatic rings. The van der Waals surface area contributed by atoms with Crippen LogP contribution in [0.25, 0.3) is 6.08 Å². The van der Waals surface area contributed by atoms with Gasteiger partial charge < -0.3 is 10.6 Å². The number of benzene rings is 2. The topological polar surface area (TPSA) is 71.1 Å². The average Bonchev–Trinajstić information content (AvgIpc) is 2.74. The van der Waals surface area contributed by atoms with Crippen LogP contribution in [-0.2, 0) is 11.2 Å². The highest BCUT2D eigenvalue weighted by atomic mass is 16.2. The van der Waals surface area contributed by atoms with Crippen LogP contribution in [0.15, 0.2) is 85.2 Å². The molecule has 0 unspecified atom stereocenters. The number of pyridine rings is 1. The molecular formula is C23H21N3O2. The van der Waals surface area contributed by atoms with Crippen LogP contribution >= 0.6 is 0 Å². The lowest BCUT2D eigenvalue weighted by Crippen LogP contribution is -2.27. The van der Waals surface area contributed by atoms with Crippen molar-refractivity contribution in [3.63, 3.8) is 0 Å². The van der Waals surface area contributed by atoms with E-state index < -0.39 is 0 Å². The Labute approximate surface area is 164 Å². The van der Waals surface area contributed by atoms with E-state index in [9.17, 15) is 9.59 Å². The van der Waals surface area contributed by atoms with Gasteiger partial charge in [0.15, 0.2) is 0 Å². The highest BCUT2D eigenvalue weighted by molar-refractivity contribution is 6.07. The maximum atomic E-state index is 12.5. The minimum Gasteiger partial charge on any atom is -0.352 e. The summed E-state index contributed by atoms with van der Waals surface area (Å²) in [5.74, 6) is -0.531. The summed E-state index contributed by atoms with van der Waals surface area (Å²) >= 11 is 0. The van der Waals surface area contributed by atoms with Crippen molar-refractivity contribution in [1.29, 1.82) is 0 Å². The van der Waals surface area contributed by atoms with Gasteiger partial charge >= 0.3 is 0 Å². The average molecular weight is 371 g/mol. The number of nitrogens with one attached hydrogen (secondary N) is 2. The summed E-state index contributed by atoms with van der Waals surface area (Å²) in [4.78, 5) is 28.7. The summed E-state index contributed by atoms with van der Waals surface area (Å²) < 4.78 is 0. The number of carbonyl (C=O) groups is 2. The van der Waals surface area contributed by atoms with E-state index in [1.54, 1.807) is 48.8 Å². The minimum atomic E-state index is -0.312. The number of hydrogen-bond acceptors (Lipinski definition) is 3. The fourth-order valence-electron chi connectivity index (χ4n) is 2.67. The van der Waals surface area contributed by atoms with Crippen molar-refractivity contribution in [2.75, 3.05) is 11.9 Å². The van der Waals surface area contributed by atoms with Crippen molar-refractivity contribution in [2.24, 2.45) is 0 Å². The Morgan fingerprint density at radius 1 is 0.929 bits per heavy atom. The van der Waals surface area contributed by atoms with Crippen molar-refractivity contribution in [1.82, 2.24) is 10.3 Å². The first-order chi connectivity index (χ1) is 13.7. The van der Waals surface area contributed by atoms with Crippen molar-refractivity contribution < 1.29 is 9.59 Å². The molecule has 1 heterocycles. The fourth-order valence-corrected chi connectivity index (χ4v) is 2.67. The third-order valence-electron chi connectivity index (χ3n) is 4.08. The zero-order valence-corrected chi connectivity index (χ0v) is 15.3. The zero-order chi connectivity index (χ0) is 19.6. The third kappa shape index (κ3) is 5.64. The van der Waals surface area contributed by atoms with E-state index in [2.05, 4.69) is 15.6 Å². The van der Waals surface area contributed by atoms with Crippen LogP contribution in [0, 0.1) is 0 Å². The molecule has 0 aliphatic rings. The molecule has 0 saturated heterocycles. The normalized spacial score (nSPS) is 10.6. The minimum absolute atomic E-state index is 0.219. The predicted molar refractivity (Wildman–Crippen MR) is 111 cm³/mol. The van der Waals surface area contributed by atoms with Crippen LogP contribution in [0.1, 0.15) is 21.5 Å². The number of aromatic nitrogens is 1. The molecule has 2 amide bonds. The first-order valence-corrected chi connectivity index (χ1v) is 9.02. The third-order valence-corrected chi connectivity index (χ3v) is 4.08. The molecule has 0 saturated carbocycles. The molecule has 140 valence electrons. The number of carbonyl (C=O) groups excluding carboxylic acids is 2. The van der Waals surface area contributed by atoms with Gasteiger partial charge in [0.25, 0.3) is 5.91 Å². The molecular weight excluding hydrogens is 350 g/mol. The molecule has 5 nitrogen and oxygen atoms in total. The molecule has 3 rings (SSSR count). The Kier molecular flexibility index (Phi) is 6.68. The van der Waals surface area contributed by atoms with E-state index in [-0.39, 0.29) is 11.8 Å². The fraction of sp³-hybridized carbons (Fsp3) is 0.0870. The van der Waals surface area contributed by atoms with Crippen molar-refractivity contribution in [3.8, 4) is 0 Å². The molecule has 28 heavy (non-hydrogen) atoms. The van der Waals surface area contributed by atoms with Crippen LogP contribution in [-0.4, -0.2) is 23.3 Å². The summed E-state index contributed by atoms with van der Waals surface area (Å²) in [5, 5.41) is 5.67. The van der Waals surface area contributed by atoms with Crippen LogP contribution in [0.2, 0.25) is 0 Å². The quantitative estimate of drug-likeness (QED) is 0.622. The monoisotopic (exact) mass is 371 g/mol. The standard InChI is InChI=1S/C23H21N3O2/c27-22(13-12-19-9-6-15-24-17-19)26-21-11-5-4-10-20(21)23(28)25-16-14-18-7-2-1-3-8-18/h1-13,15,17H,14,16H2,(H,25,28)(H,26,27)/b13-12+. The molecule has 0 aliphatic heterocycles. The number of para-hydroxylation sites is 1. The Hall–Kier alpha value is -3.73. The van der Waals surface area contributed by atoms with Gasteiger partial charge in [0.05, 0.1) is 11.3 Å². The number of anilines is 1. The van der Waals surface area contributed by atoms with E-state index in [0.717, 1.165) is 17.5 Å². The lowest BCUT2D eigenvalue weighted by Gasteiger charge is -2.10. The molecule has 0 spiro atoms. The van der Waals surface area contributed by atoms with Crippen LogP contribution < -0.4 is 10.6 Å². The van der Waals surface area contributed by atoms with Crippen molar-refractivity contribution in [3.05, 3.63) is 102 Å². The Balaban J connectivity index is 1.59. The van der Waals surface area contributed by atoms with Crippen LogP contribution in [0.5, 0.6) is 0 Å². The Bertz CT molecular complexity index is 954. The van der Waals surface area contributed by atoms with Gasteiger partial charge in [-0.3, -0.25) is 14.6 Å². The summed E-state index contributed by atoms with van der Waals surface area (Å²) in [6.07, 6.45) is 7.17. The van der Waals surface area contributed by atoms with Crippen LogP contribution in [0.3, 0.4) is 0 Å². The van der Waals surface area contributed by atoms with Gasteiger partial charge in [-0.05, 0) is 41.8 Å². The zero-order valence-electron chi connectivity index (χ0n) is 15.3. The highest BCUT2D eigenvalue weighted by Crippen LogP contribution is 2.15. The molecule has 0 bridgehead atoms. The summed E-state index contributed by atoms with van der Waals surface area (Å²) in [7, 11) is 0. The SMILES string of the molecule is O=C(/C=C/c1cccnc1)Nc1ccccc1C(=O)NCCc1ccccc1. The van der Waals surface area contributed by atoms with Crippen molar-refractivity contribution in [2.45, 2.75) is 6.42 Å². The molecule has 0 atom stereocenters. The van der Waals surface area contributed by atoms with Gasteiger partial charge in [0, 0.05) is 25.0 Å². The van der Waals surface area contributed by atoms with E-state index >= 15 is 0 Å². The van der Waals surface area contributed by atoms with Gasteiger partial charge in [-0.25, -0.2) is 0 Å². The second kappa shape index (κ2) is 9.83. The van der Waals surface area contributed by atoms with Gasteiger partial charge in [-0.2, -0.15) is 0 Å². The number of hydrogen-bond donors (Lipinski definition) is 2. The second-order valence-corrected chi connectivity index (χ2v) is 6.15. The molecule has 2 aromatic carbocycles. The Morgan fingerprint density at radius 2 is 1.71 bits per heavy atom. The summed E-state index contributed by atoms with van der Waals surface area (Å²) in [6.45, 7) is 0.520. The molecule has 0 aliphatic carbocycles. The molecule has 0 fully saturated rings. The van der Waals surface area contributed by atoms with E-state index in [0.29, 0.717) is 17.8 Å². The first kappa shape index (κ1) is 19.0. The van der Waals surface area contributed by atoms with Gasteiger partial charge in [-0.15, -0.1) is 0 Å². The first-order valence-electron chi connectivity index (χ1n) is 9.02. The smallest absolute Gasteiger partial charge is 0.253 e. The number of amides is 2. The van der Waals surface area contributed by atoms with E-state index in [1.807, 2.05) is 36.4 Å². The van der Waals surface area contributed by atoms with Gasteiger partial charge in [0.2, 0.25) is 5.91 Å². The molecule has 5 heteroatoms. The lowest BCUT2D eigenvalue weighted by atomic mass is 10.1. The predicted octanol–water partition coefficient (Wildman–Crippen LogP) is 3.71.